The molecule has 0 aliphatic heterocycles. The number of rotatable bonds is 9. The van der Waals surface area contributed by atoms with Crippen molar-refractivity contribution < 1.29 is 36.0 Å². The Morgan fingerprint density at radius 3 is 2.56 bits per heavy atom. The van der Waals surface area contributed by atoms with E-state index < -0.39 is 51.5 Å². The van der Waals surface area contributed by atoms with Crippen molar-refractivity contribution in [3.63, 3.8) is 0 Å². The highest BCUT2D eigenvalue weighted by molar-refractivity contribution is 7.92. The number of anilines is 2. The van der Waals surface area contributed by atoms with Crippen LogP contribution in [0.3, 0.4) is 0 Å². The molecule has 43 heavy (non-hydrogen) atoms. The molecule has 2 heterocycles. The first-order valence-electron chi connectivity index (χ1n) is 13.8. The third-order valence-electron chi connectivity index (χ3n) is 7.01. The van der Waals surface area contributed by atoms with Crippen molar-refractivity contribution in [2.75, 3.05) is 29.9 Å². The quantitative estimate of drug-likeness (QED) is 0.268. The van der Waals surface area contributed by atoms with Gasteiger partial charge >= 0.3 is 6.18 Å². The fourth-order valence-corrected chi connectivity index (χ4v) is 6.11. The molecule has 0 amide bonds. The molecule has 1 fully saturated rings. The van der Waals surface area contributed by atoms with Crippen LogP contribution in [-0.2, 0) is 10.0 Å². The molecule has 10 nitrogen and oxygen atoms in total. The van der Waals surface area contributed by atoms with Gasteiger partial charge in [0.2, 0.25) is 16.0 Å². The van der Waals surface area contributed by atoms with Crippen LogP contribution in [-0.4, -0.2) is 66.2 Å². The van der Waals surface area contributed by atoms with E-state index in [2.05, 4.69) is 15.3 Å². The summed E-state index contributed by atoms with van der Waals surface area (Å²) in [6.45, 7) is 3.58. The highest BCUT2D eigenvalue weighted by Gasteiger charge is 2.30. The topological polar surface area (TPSA) is 131 Å². The Hall–Kier alpha value is -3.56. The van der Waals surface area contributed by atoms with Crippen LogP contribution in [0.25, 0.3) is 22.2 Å². The van der Waals surface area contributed by atoms with Gasteiger partial charge in [-0.2, -0.15) is 18.2 Å². The van der Waals surface area contributed by atoms with Crippen molar-refractivity contribution in [2.45, 2.75) is 63.9 Å². The molecule has 0 saturated heterocycles. The van der Waals surface area contributed by atoms with Crippen LogP contribution in [0, 0.1) is 5.82 Å². The summed E-state index contributed by atoms with van der Waals surface area (Å²) in [4.78, 5) is 23.7. The molecular formula is C28H35F4N6O4S+. The molecule has 1 saturated carbocycles. The number of halogens is 4. The molecular weight excluding hydrogens is 592 g/mol. The van der Waals surface area contributed by atoms with Gasteiger partial charge in [-0.1, -0.05) is 6.07 Å². The number of pyridine rings is 1. The van der Waals surface area contributed by atoms with Crippen LogP contribution in [0.15, 0.2) is 47.0 Å². The maximum Gasteiger partial charge on any atom is 0.390 e. The second-order valence-corrected chi connectivity index (χ2v) is 13.1. The van der Waals surface area contributed by atoms with Crippen LogP contribution < -0.4 is 20.5 Å². The molecule has 2 aromatic heterocycles. The average Bonchev–Trinajstić information content (AvgIpc) is 2.89. The van der Waals surface area contributed by atoms with Gasteiger partial charge in [-0.15, -0.1) is 0 Å². The lowest BCUT2D eigenvalue weighted by Crippen LogP contribution is -3.00. The van der Waals surface area contributed by atoms with Crippen LogP contribution in [0.4, 0.5) is 29.2 Å². The van der Waals surface area contributed by atoms with Crippen molar-refractivity contribution in [3.8, 4) is 11.1 Å². The van der Waals surface area contributed by atoms with Gasteiger partial charge in [-0.05, 0) is 56.9 Å². The second-order valence-electron chi connectivity index (χ2n) is 11.2. The molecule has 1 aliphatic rings. The summed E-state index contributed by atoms with van der Waals surface area (Å²) in [5.41, 5.74) is 0.575. The Labute approximate surface area is 246 Å². The van der Waals surface area contributed by atoms with Gasteiger partial charge in [0, 0.05) is 34.8 Å². The molecule has 1 aliphatic carbocycles. The van der Waals surface area contributed by atoms with E-state index in [1.807, 2.05) is 25.0 Å². The van der Waals surface area contributed by atoms with E-state index in [0.717, 1.165) is 35.4 Å². The SMILES string of the molecule is CC(C)n1c(=O)c(-c2ccc(NS(=O)(=O)CCC(F)(F)F)c(F)c2)cc2cnc(N[C@H]3CCC(=C[NH+](C)C)[C@@H](O)C3)nc21. The van der Waals surface area contributed by atoms with Crippen LogP contribution in [0.5, 0.6) is 0 Å². The molecule has 0 bridgehead atoms. The number of nitrogens with zero attached hydrogens (tertiary/aromatic N) is 3. The summed E-state index contributed by atoms with van der Waals surface area (Å²) in [5.74, 6) is -2.01. The number of alkyl halides is 3. The van der Waals surface area contributed by atoms with E-state index in [4.69, 9.17) is 0 Å². The van der Waals surface area contributed by atoms with Crippen LogP contribution >= 0.6 is 0 Å². The fourth-order valence-electron chi connectivity index (χ4n) is 5.01. The zero-order valence-electron chi connectivity index (χ0n) is 24.2. The Morgan fingerprint density at radius 1 is 1.23 bits per heavy atom. The Balaban J connectivity index is 1.61. The second kappa shape index (κ2) is 12.6. The zero-order chi connectivity index (χ0) is 31.7. The Kier molecular flexibility index (Phi) is 9.47. The number of aromatic nitrogens is 3. The van der Waals surface area contributed by atoms with Gasteiger partial charge in [-0.25, -0.2) is 17.8 Å². The standard InChI is InChI=1S/C28H34F4N6O4S/c1-16(2)38-25-19(14-33-27(35-25)34-20-7-5-18(15-37(3)4)24(39)13-20)11-21(26(38)40)17-6-8-23(22(29)12-17)36-43(41,42)10-9-28(30,31)32/h6,8,11-12,14-16,20,24,36,39H,5,7,9-10,13H2,1-4H3,(H,33,34,35)/p+1/t20-,24-/m0/s1. The first-order valence-corrected chi connectivity index (χ1v) is 15.4. The minimum absolute atomic E-state index is 0.0763. The van der Waals surface area contributed by atoms with E-state index in [1.165, 1.54) is 22.9 Å². The monoisotopic (exact) mass is 627 g/mol. The first-order chi connectivity index (χ1) is 20.0. The van der Waals surface area contributed by atoms with Gasteiger partial charge in [0.25, 0.3) is 5.56 Å². The van der Waals surface area contributed by atoms with Crippen molar-refractivity contribution in [1.29, 1.82) is 0 Å². The minimum atomic E-state index is -4.68. The molecule has 4 rings (SSSR count). The predicted molar refractivity (Wildman–Crippen MR) is 156 cm³/mol. The van der Waals surface area contributed by atoms with Crippen LogP contribution in [0.2, 0.25) is 0 Å². The summed E-state index contributed by atoms with van der Waals surface area (Å²) < 4.78 is 79.6. The molecule has 1 aromatic carbocycles. The third-order valence-corrected chi connectivity index (χ3v) is 8.29. The van der Waals surface area contributed by atoms with E-state index in [1.54, 1.807) is 13.8 Å². The average molecular weight is 628 g/mol. The lowest BCUT2D eigenvalue weighted by molar-refractivity contribution is -0.802. The normalized spacial score (nSPS) is 19.0. The molecule has 0 unspecified atom stereocenters. The molecule has 0 radical (unpaired) electrons. The van der Waals surface area contributed by atoms with Crippen molar-refractivity contribution in [1.82, 2.24) is 14.5 Å². The molecule has 3 aromatic rings. The van der Waals surface area contributed by atoms with Gasteiger partial charge in [0.15, 0.2) is 0 Å². The number of sulfonamides is 1. The fraction of sp³-hybridized carbons (Fsp3) is 0.464. The number of hydrogen-bond acceptors (Lipinski definition) is 7. The maximum absolute atomic E-state index is 14.9. The van der Waals surface area contributed by atoms with Crippen molar-refractivity contribution in [3.05, 3.63) is 58.4 Å². The number of aliphatic hydroxyl groups excluding tert-OH is 1. The van der Waals surface area contributed by atoms with E-state index in [9.17, 15) is 35.9 Å². The summed E-state index contributed by atoms with van der Waals surface area (Å²) in [5, 5.41) is 14.3. The number of nitrogens with one attached hydrogen (secondary N) is 3. The molecule has 234 valence electrons. The molecule has 15 heteroatoms. The summed E-state index contributed by atoms with van der Waals surface area (Å²) >= 11 is 0. The van der Waals surface area contributed by atoms with Gasteiger partial charge < -0.3 is 15.3 Å². The molecule has 2 atom stereocenters. The van der Waals surface area contributed by atoms with Gasteiger partial charge in [0.1, 0.15) is 11.5 Å². The van der Waals surface area contributed by atoms with Gasteiger partial charge in [-0.3, -0.25) is 14.1 Å². The lowest BCUT2D eigenvalue weighted by atomic mass is 9.89. The van der Waals surface area contributed by atoms with Crippen molar-refractivity contribution >= 4 is 32.7 Å². The smallest absolute Gasteiger partial charge is 0.388 e. The molecule has 0 spiro atoms. The largest absolute Gasteiger partial charge is 0.390 e. The third kappa shape index (κ3) is 8.09. The number of quaternary nitrogens is 1. The number of fused-ring (bicyclic) bond motifs is 1. The number of aliphatic hydroxyl groups is 1. The Morgan fingerprint density at radius 2 is 1.95 bits per heavy atom. The predicted octanol–water partition coefficient (Wildman–Crippen LogP) is 3.23. The Bertz CT molecular complexity index is 1690. The van der Waals surface area contributed by atoms with E-state index in [-0.39, 0.29) is 23.2 Å². The maximum atomic E-state index is 14.9. The highest BCUT2D eigenvalue weighted by atomic mass is 32.2. The first kappa shape index (κ1) is 32.4. The highest BCUT2D eigenvalue weighted by Crippen LogP contribution is 2.29. The van der Waals surface area contributed by atoms with Crippen LogP contribution in [0.1, 0.15) is 45.6 Å². The number of hydrogen-bond donors (Lipinski definition) is 4. The zero-order valence-corrected chi connectivity index (χ0v) is 25.0. The van der Waals surface area contributed by atoms with Crippen molar-refractivity contribution in [2.24, 2.45) is 0 Å². The summed E-state index contributed by atoms with van der Waals surface area (Å²) in [6.07, 6.45) is -1.33. The van der Waals surface area contributed by atoms with E-state index in [0.29, 0.717) is 23.4 Å². The summed E-state index contributed by atoms with van der Waals surface area (Å²) in [7, 11) is -0.503. The minimum Gasteiger partial charge on any atom is -0.388 e. The number of benzene rings is 1. The summed E-state index contributed by atoms with van der Waals surface area (Å²) in [6, 6.07) is 4.40. The lowest BCUT2D eigenvalue weighted by Gasteiger charge is -2.29. The molecule has 4 N–H and O–H groups in total. The van der Waals surface area contributed by atoms with Gasteiger partial charge in [0.05, 0.1) is 44.3 Å². The van der Waals surface area contributed by atoms with E-state index >= 15 is 0 Å².